The minimum atomic E-state index is -3.34. The molecule has 36 heavy (non-hydrogen) atoms. The summed E-state index contributed by atoms with van der Waals surface area (Å²) in [5, 5.41) is 5.81. The number of carbonyl (C=O) groups is 1. The molecule has 2 aromatic carbocycles. The Labute approximate surface area is 213 Å². The minimum Gasteiger partial charge on any atom is -0.491 e. The van der Waals surface area contributed by atoms with Gasteiger partial charge in [-0.3, -0.25) is 4.72 Å². The third-order valence-electron chi connectivity index (χ3n) is 5.45. The number of imidazole rings is 1. The third-order valence-corrected chi connectivity index (χ3v) is 6.06. The van der Waals surface area contributed by atoms with Gasteiger partial charge in [0.15, 0.2) is 0 Å². The standard InChI is InChI=1S/C26H35N5O4S/c1-4-5-6-14-27-26(32)29-25-20(2)10-7-13-24(25)35-16-9-15-31-18-23(28-19-31)21-11-8-12-22(17-21)30-36(3,33)34/h7-8,10-13,17-19,30H,4-6,9,14-16H2,1-3H3,(H2,27,29,32). The second-order valence-electron chi connectivity index (χ2n) is 8.69. The number of carbonyl (C=O) groups excluding carboxylic acids is 1. The highest BCUT2D eigenvalue weighted by atomic mass is 32.2. The van der Waals surface area contributed by atoms with Gasteiger partial charge in [-0.1, -0.05) is 44.0 Å². The molecule has 3 N–H and O–H groups in total. The Hall–Kier alpha value is -3.53. The lowest BCUT2D eigenvalue weighted by atomic mass is 10.1. The largest absolute Gasteiger partial charge is 0.491 e. The van der Waals surface area contributed by atoms with E-state index in [1.54, 1.807) is 24.5 Å². The van der Waals surface area contributed by atoms with Crippen molar-refractivity contribution in [1.82, 2.24) is 14.9 Å². The third kappa shape index (κ3) is 8.60. The fraction of sp³-hybridized carbons (Fsp3) is 0.385. The quantitative estimate of drug-likeness (QED) is 0.278. The average molecular weight is 514 g/mol. The van der Waals surface area contributed by atoms with Gasteiger partial charge in [0.1, 0.15) is 5.75 Å². The number of ether oxygens (including phenoxy) is 1. The van der Waals surface area contributed by atoms with Crippen LogP contribution in [0.1, 0.15) is 38.2 Å². The number of sulfonamides is 1. The maximum absolute atomic E-state index is 12.3. The zero-order valence-corrected chi connectivity index (χ0v) is 21.9. The second-order valence-corrected chi connectivity index (χ2v) is 10.4. The molecular weight excluding hydrogens is 478 g/mol. The van der Waals surface area contributed by atoms with Gasteiger partial charge in [-0.2, -0.15) is 0 Å². The molecule has 0 saturated carbocycles. The molecule has 0 bridgehead atoms. The van der Waals surface area contributed by atoms with Crippen molar-refractivity contribution in [3.63, 3.8) is 0 Å². The topological polar surface area (TPSA) is 114 Å². The number of anilines is 2. The summed E-state index contributed by atoms with van der Waals surface area (Å²) in [7, 11) is -3.34. The number of aryl methyl sites for hydroxylation is 2. The van der Waals surface area contributed by atoms with Gasteiger partial charge in [0.05, 0.1) is 30.6 Å². The van der Waals surface area contributed by atoms with Crippen LogP contribution in [0.25, 0.3) is 11.3 Å². The van der Waals surface area contributed by atoms with Gasteiger partial charge < -0.3 is 19.9 Å². The molecule has 0 radical (unpaired) electrons. The van der Waals surface area contributed by atoms with E-state index in [1.807, 2.05) is 42.0 Å². The van der Waals surface area contributed by atoms with Crippen LogP contribution in [0.2, 0.25) is 0 Å². The molecule has 1 heterocycles. The Kier molecular flexibility index (Phi) is 9.75. The number of unbranched alkanes of at least 4 members (excludes halogenated alkanes) is 2. The number of hydrogen-bond donors (Lipinski definition) is 3. The SMILES string of the molecule is CCCCCNC(=O)Nc1c(C)cccc1OCCCn1cnc(-c2cccc(NS(C)(=O)=O)c2)c1. The molecule has 0 unspecified atom stereocenters. The highest BCUT2D eigenvalue weighted by Crippen LogP contribution is 2.28. The van der Waals surface area contributed by atoms with Gasteiger partial charge in [0.2, 0.25) is 10.0 Å². The van der Waals surface area contributed by atoms with Crippen molar-refractivity contribution >= 4 is 27.4 Å². The van der Waals surface area contributed by atoms with Gasteiger partial charge in [-0.15, -0.1) is 0 Å². The van der Waals surface area contributed by atoms with Crippen LogP contribution in [0.4, 0.5) is 16.2 Å². The highest BCUT2D eigenvalue weighted by Gasteiger charge is 2.11. The van der Waals surface area contributed by atoms with Gasteiger partial charge in [-0.05, 0) is 43.5 Å². The van der Waals surface area contributed by atoms with Crippen LogP contribution in [-0.4, -0.2) is 43.4 Å². The van der Waals surface area contributed by atoms with E-state index in [9.17, 15) is 13.2 Å². The first-order valence-corrected chi connectivity index (χ1v) is 14.0. The van der Waals surface area contributed by atoms with Crippen molar-refractivity contribution in [3.8, 4) is 17.0 Å². The Morgan fingerprint density at radius 1 is 1.11 bits per heavy atom. The summed E-state index contributed by atoms with van der Waals surface area (Å²) in [5.41, 5.74) is 3.68. The minimum absolute atomic E-state index is 0.230. The summed E-state index contributed by atoms with van der Waals surface area (Å²) in [6.07, 6.45) is 8.67. The Bertz CT molecular complexity index is 1260. The molecule has 10 heteroatoms. The average Bonchev–Trinajstić information content (AvgIpc) is 3.30. The molecule has 0 aliphatic carbocycles. The van der Waals surface area contributed by atoms with Gasteiger partial charge in [-0.25, -0.2) is 18.2 Å². The lowest BCUT2D eigenvalue weighted by Gasteiger charge is -2.15. The Morgan fingerprint density at radius 2 is 1.92 bits per heavy atom. The number of benzene rings is 2. The fourth-order valence-electron chi connectivity index (χ4n) is 3.67. The van der Waals surface area contributed by atoms with Crippen molar-refractivity contribution in [2.45, 2.75) is 46.1 Å². The zero-order chi connectivity index (χ0) is 26.0. The maximum atomic E-state index is 12.3. The Morgan fingerprint density at radius 3 is 2.69 bits per heavy atom. The molecule has 3 aromatic rings. The van der Waals surface area contributed by atoms with Crippen molar-refractivity contribution in [2.24, 2.45) is 0 Å². The second kappa shape index (κ2) is 13.0. The van der Waals surface area contributed by atoms with E-state index in [0.29, 0.717) is 36.8 Å². The van der Waals surface area contributed by atoms with E-state index >= 15 is 0 Å². The zero-order valence-electron chi connectivity index (χ0n) is 21.1. The van der Waals surface area contributed by atoms with Crippen molar-refractivity contribution in [1.29, 1.82) is 0 Å². The Balaban J connectivity index is 1.52. The normalized spacial score (nSPS) is 11.2. The van der Waals surface area contributed by atoms with Crippen LogP contribution in [0, 0.1) is 6.92 Å². The summed E-state index contributed by atoms with van der Waals surface area (Å²) >= 11 is 0. The van der Waals surface area contributed by atoms with Crippen LogP contribution >= 0.6 is 0 Å². The first kappa shape index (κ1) is 27.1. The summed E-state index contributed by atoms with van der Waals surface area (Å²) < 4.78 is 33.4. The molecule has 1 aromatic heterocycles. The predicted molar refractivity (Wildman–Crippen MR) is 144 cm³/mol. The van der Waals surface area contributed by atoms with Gasteiger partial charge in [0.25, 0.3) is 0 Å². The first-order chi connectivity index (χ1) is 17.2. The van der Waals surface area contributed by atoms with E-state index in [2.05, 4.69) is 27.3 Å². The summed E-state index contributed by atoms with van der Waals surface area (Å²) in [5.74, 6) is 0.639. The number of aromatic nitrogens is 2. The van der Waals surface area contributed by atoms with Gasteiger partial charge in [0, 0.05) is 30.5 Å². The molecule has 0 spiro atoms. The molecule has 0 aliphatic heterocycles. The van der Waals surface area contributed by atoms with E-state index in [1.165, 1.54) is 0 Å². The van der Waals surface area contributed by atoms with Crippen molar-refractivity contribution in [3.05, 3.63) is 60.6 Å². The number of rotatable bonds is 13. The van der Waals surface area contributed by atoms with Crippen LogP contribution in [0.5, 0.6) is 5.75 Å². The summed E-state index contributed by atoms with van der Waals surface area (Å²) in [4.78, 5) is 16.7. The molecule has 9 nitrogen and oxygen atoms in total. The van der Waals surface area contributed by atoms with Crippen LogP contribution < -0.4 is 20.1 Å². The molecule has 0 aliphatic rings. The smallest absolute Gasteiger partial charge is 0.319 e. The predicted octanol–water partition coefficient (Wildman–Crippen LogP) is 5.01. The maximum Gasteiger partial charge on any atom is 0.319 e. The molecule has 194 valence electrons. The van der Waals surface area contributed by atoms with Crippen LogP contribution in [0.15, 0.2) is 55.0 Å². The number of amides is 2. The number of urea groups is 1. The molecular formula is C26H35N5O4S. The van der Waals surface area contributed by atoms with Crippen LogP contribution in [0.3, 0.4) is 0 Å². The summed E-state index contributed by atoms with van der Waals surface area (Å²) in [6.45, 7) is 5.88. The molecule has 0 saturated heterocycles. The van der Waals surface area contributed by atoms with Crippen LogP contribution in [-0.2, 0) is 16.6 Å². The fourth-order valence-corrected chi connectivity index (χ4v) is 4.23. The van der Waals surface area contributed by atoms with E-state index in [-0.39, 0.29) is 6.03 Å². The van der Waals surface area contributed by atoms with Gasteiger partial charge >= 0.3 is 6.03 Å². The van der Waals surface area contributed by atoms with E-state index in [0.717, 1.165) is 48.8 Å². The number of nitrogens with one attached hydrogen (secondary N) is 3. The number of hydrogen-bond acceptors (Lipinski definition) is 5. The van der Waals surface area contributed by atoms with Crippen molar-refractivity contribution in [2.75, 3.05) is 29.4 Å². The highest BCUT2D eigenvalue weighted by molar-refractivity contribution is 7.92. The molecule has 2 amide bonds. The molecule has 0 fully saturated rings. The van der Waals surface area contributed by atoms with E-state index < -0.39 is 10.0 Å². The number of para-hydroxylation sites is 1. The lowest BCUT2D eigenvalue weighted by Crippen LogP contribution is -2.30. The summed E-state index contributed by atoms with van der Waals surface area (Å²) in [6, 6.07) is 12.6. The lowest BCUT2D eigenvalue weighted by molar-refractivity contribution is 0.251. The van der Waals surface area contributed by atoms with Crippen molar-refractivity contribution < 1.29 is 17.9 Å². The molecule has 0 atom stereocenters. The monoisotopic (exact) mass is 513 g/mol. The number of nitrogens with zero attached hydrogens (tertiary/aromatic N) is 2. The van der Waals surface area contributed by atoms with E-state index in [4.69, 9.17) is 4.74 Å². The molecule has 3 rings (SSSR count). The first-order valence-electron chi connectivity index (χ1n) is 12.1.